The van der Waals surface area contributed by atoms with Crippen LogP contribution in [0, 0.1) is 6.92 Å². The second-order valence-corrected chi connectivity index (χ2v) is 4.34. The highest BCUT2D eigenvalue weighted by molar-refractivity contribution is 6.40. The lowest BCUT2D eigenvalue weighted by atomic mass is 10.1. The van der Waals surface area contributed by atoms with E-state index in [-0.39, 0.29) is 11.4 Å². The lowest BCUT2D eigenvalue weighted by Gasteiger charge is -2.05. The number of amides is 2. The molecule has 8 nitrogen and oxygen atoms in total. The number of fused-ring (bicyclic) bond motifs is 1. The number of carbonyl (C=O) groups is 3. The SMILES string of the molecule is COC(=O)c1[nH]c2ccc(C)cc2c1NC(=O)C(=O)NN. The van der Waals surface area contributed by atoms with Crippen molar-refractivity contribution in [3.05, 3.63) is 29.5 Å². The van der Waals surface area contributed by atoms with Crippen LogP contribution in [0.1, 0.15) is 16.1 Å². The lowest BCUT2D eigenvalue weighted by Crippen LogP contribution is -2.39. The number of nitrogens with one attached hydrogen (secondary N) is 3. The minimum absolute atomic E-state index is 0.0521. The van der Waals surface area contributed by atoms with Crippen LogP contribution < -0.4 is 16.6 Å². The van der Waals surface area contributed by atoms with E-state index in [1.165, 1.54) is 7.11 Å². The van der Waals surface area contributed by atoms with E-state index in [9.17, 15) is 14.4 Å². The number of aryl methyl sites for hydroxylation is 1. The number of methoxy groups -OCH3 is 1. The molecule has 1 heterocycles. The number of ether oxygens (including phenoxy) is 1. The molecule has 0 unspecified atom stereocenters. The third-order valence-corrected chi connectivity index (χ3v) is 2.92. The van der Waals surface area contributed by atoms with Gasteiger partial charge in [0.25, 0.3) is 0 Å². The van der Waals surface area contributed by atoms with Crippen molar-refractivity contribution >= 4 is 34.4 Å². The number of aromatic nitrogens is 1. The van der Waals surface area contributed by atoms with Gasteiger partial charge in [0.15, 0.2) is 0 Å². The molecular weight excluding hydrogens is 276 g/mol. The first-order chi connectivity index (χ1) is 9.97. The second-order valence-electron chi connectivity index (χ2n) is 4.34. The number of esters is 1. The number of hydrogen-bond acceptors (Lipinski definition) is 5. The molecule has 0 radical (unpaired) electrons. The molecule has 0 aliphatic carbocycles. The van der Waals surface area contributed by atoms with Gasteiger partial charge in [-0.2, -0.15) is 0 Å². The maximum absolute atomic E-state index is 11.8. The summed E-state index contributed by atoms with van der Waals surface area (Å²) in [6.07, 6.45) is 0. The Morgan fingerprint density at radius 2 is 1.95 bits per heavy atom. The molecule has 0 atom stereocenters. The van der Waals surface area contributed by atoms with Gasteiger partial charge >= 0.3 is 17.8 Å². The Kier molecular flexibility index (Phi) is 3.90. The molecule has 1 aromatic heterocycles. The van der Waals surface area contributed by atoms with Gasteiger partial charge in [-0.15, -0.1) is 0 Å². The van der Waals surface area contributed by atoms with Gasteiger partial charge in [0.05, 0.1) is 12.8 Å². The Bertz CT molecular complexity index is 735. The van der Waals surface area contributed by atoms with E-state index in [0.29, 0.717) is 10.9 Å². The maximum Gasteiger partial charge on any atom is 0.356 e. The Morgan fingerprint density at radius 3 is 2.57 bits per heavy atom. The van der Waals surface area contributed by atoms with Gasteiger partial charge in [-0.25, -0.2) is 10.6 Å². The predicted octanol–water partition coefficient (Wildman–Crippen LogP) is 0.191. The van der Waals surface area contributed by atoms with E-state index in [4.69, 9.17) is 5.84 Å². The molecule has 0 spiro atoms. The molecule has 0 fully saturated rings. The minimum atomic E-state index is -1.02. The van der Waals surface area contributed by atoms with Crippen LogP contribution in [0.5, 0.6) is 0 Å². The fourth-order valence-electron chi connectivity index (χ4n) is 1.93. The van der Waals surface area contributed by atoms with Crippen LogP contribution in [-0.4, -0.2) is 29.9 Å². The summed E-state index contributed by atoms with van der Waals surface area (Å²) in [5, 5.41) is 2.95. The van der Waals surface area contributed by atoms with Crippen molar-refractivity contribution in [1.29, 1.82) is 0 Å². The van der Waals surface area contributed by atoms with Gasteiger partial charge in [-0.1, -0.05) is 11.6 Å². The zero-order chi connectivity index (χ0) is 15.6. The number of benzene rings is 1. The summed E-state index contributed by atoms with van der Waals surface area (Å²) >= 11 is 0. The number of hydrazine groups is 1. The van der Waals surface area contributed by atoms with Gasteiger partial charge in [-0.05, 0) is 19.1 Å². The molecule has 110 valence electrons. The van der Waals surface area contributed by atoms with Crippen LogP contribution in [0.3, 0.4) is 0 Å². The molecular formula is C13H14N4O4. The summed E-state index contributed by atoms with van der Waals surface area (Å²) in [5.41, 5.74) is 3.51. The largest absolute Gasteiger partial charge is 0.464 e. The summed E-state index contributed by atoms with van der Waals surface area (Å²) in [5.74, 6) is 2.24. The first-order valence-electron chi connectivity index (χ1n) is 6.00. The van der Waals surface area contributed by atoms with E-state index in [1.54, 1.807) is 17.6 Å². The number of hydrogen-bond donors (Lipinski definition) is 4. The highest BCUT2D eigenvalue weighted by Gasteiger charge is 2.22. The topological polar surface area (TPSA) is 126 Å². The highest BCUT2D eigenvalue weighted by atomic mass is 16.5. The number of nitrogens with two attached hydrogens (primary N) is 1. The first kappa shape index (κ1) is 14.5. The monoisotopic (exact) mass is 290 g/mol. The van der Waals surface area contributed by atoms with Crippen LogP contribution in [-0.2, 0) is 14.3 Å². The zero-order valence-corrected chi connectivity index (χ0v) is 11.4. The predicted molar refractivity (Wildman–Crippen MR) is 75.3 cm³/mol. The number of carbonyl (C=O) groups excluding carboxylic acids is 3. The molecule has 8 heteroatoms. The molecule has 1 aromatic carbocycles. The van der Waals surface area contributed by atoms with Crippen molar-refractivity contribution in [2.45, 2.75) is 6.92 Å². The van der Waals surface area contributed by atoms with Crippen LogP contribution in [0.4, 0.5) is 5.69 Å². The Hall–Kier alpha value is -2.87. The lowest BCUT2D eigenvalue weighted by molar-refractivity contribution is -0.136. The Balaban J connectivity index is 2.56. The fourth-order valence-corrected chi connectivity index (χ4v) is 1.93. The molecule has 2 aromatic rings. The van der Waals surface area contributed by atoms with Crippen LogP contribution in [0.15, 0.2) is 18.2 Å². The van der Waals surface area contributed by atoms with Gasteiger partial charge < -0.3 is 15.0 Å². The summed E-state index contributed by atoms with van der Waals surface area (Å²) in [6, 6.07) is 5.38. The van der Waals surface area contributed by atoms with E-state index in [0.717, 1.165) is 5.56 Å². The molecule has 0 aliphatic heterocycles. The standard InChI is InChI=1S/C13H14N4O4/c1-6-3-4-8-7(5-6)9(10(15-8)13(20)21-2)16-11(18)12(19)17-14/h3-5,15H,14H2,1-2H3,(H,16,18)(H,17,19). The fraction of sp³-hybridized carbons (Fsp3) is 0.154. The van der Waals surface area contributed by atoms with E-state index >= 15 is 0 Å². The second kappa shape index (κ2) is 5.63. The average Bonchev–Trinajstić information content (AvgIpc) is 2.83. The summed E-state index contributed by atoms with van der Waals surface area (Å²) < 4.78 is 4.66. The molecule has 21 heavy (non-hydrogen) atoms. The maximum atomic E-state index is 11.8. The molecule has 0 saturated heterocycles. The van der Waals surface area contributed by atoms with Crippen LogP contribution >= 0.6 is 0 Å². The number of aromatic amines is 1. The number of anilines is 1. The summed E-state index contributed by atoms with van der Waals surface area (Å²) in [6.45, 7) is 1.86. The Morgan fingerprint density at radius 1 is 1.24 bits per heavy atom. The minimum Gasteiger partial charge on any atom is -0.464 e. The average molecular weight is 290 g/mol. The number of rotatable bonds is 2. The molecule has 2 rings (SSSR count). The third-order valence-electron chi connectivity index (χ3n) is 2.92. The van der Waals surface area contributed by atoms with E-state index in [1.807, 2.05) is 13.0 Å². The molecule has 0 saturated carbocycles. The van der Waals surface area contributed by atoms with Gasteiger partial charge in [0, 0.05) is 10.9 Å². The molecule has 0 aliphatic rings. The van der Waals surface area contributed by atoms with Crippen molar-refractivity contribution in [1.82, 2.24) is 10.4 Å². The van der Waals surface area contributed by atoms with Crippen molar-refractivity contribution in [2.24, 2.45) is 5.84 Å². The smallest absolute Gasteiger partial charge is 0.356 e. The van der Waals surface area contributed by atoms with E-state index in [2.05, 4.69) is 15.0 Å². The zero-order valence-electron chi connectivity index (χ0n) is 11.4. The van der Waals surface area contributed by atoms with E-state index < -0.39 is 17.8 Å². The van der Waals surface area contributed by atoms with Crippen molar-refractivity contribution < 1.29 is 19.1 Å². The van der Waals surface area contributed by atoms with Crippen LogP contribution in [0.25, 0.3) is 10.9 Å². The molecule has 0 bridgehead atoms. The highest BCUT2D eigenvalue weighted by Crippen LogP contribution is 2.29. The molecule has 2 amide bonds. The summed E-state index contributed by atoms with van der Waals surface area (Å²) in [7, 11) is 1.22. The van der Waals surface area contributed by atoms with Gasteiger partial charge in [-0.3, -0.25) is 15.0 Å². The summed E-state index contributed by atoms with van der Waals surface area (Å²) in [4.78, 5) is 37.5. The van der Waals surface area contributed by atoms with Crippen molar-refractivity contribution in [3.8, 4) is 0 Å². The quantitative estimate of drug-likeness (QED) is 0.206. The van der Waals surface area contributed by atoms with Crippen molar-refractivity contribution in [2.75, 3.05) is 12.4 Å². The normalized spacial score (nSPS) is 10.2. The van der Waals surface area contributed by atoms with Crippen LogP contribution in [0.2, 0.25) is 0 Å². The van der Waals surface area contributed by atoms with Gasteiger partial charge in [0.2, 0.25) is 0 Å². The van der Waals surface area contributed by atoms with Crippen molar-refractivity contribution in [3.63, 3.8) is 0 Å². The molecule has 5 N–H and O–H groups in total. The third kappa shape index (κ3) is 2.70. The number of H-pyrrole nitrogens is 1. The van der Waals surface area contributed by atoms with Gasteiger partial charge in [0.1, 0.15) is 5.69 Å². The first-order valence-corrected chi connectivity index (χ1v) is 6.00. The Labute approximate surface area is 119 Å².